The molecule has 2 aliphatic heterocycles. The molecule has 0 saturated carbocycles. The van der Waals surface area contributed by atoms with Gasteiger partial charge >= 0.3 is 0 Å². The van der Waals surface area contributed by atoms with Crippen LogP contribution in [0.15, 0.2) is 48.5 Å². The van der Waals surface area contributed by atoms with Crippen molar-refractivity contribution in [3.63, 3.8) is 0 Å². The van der Waals surface area contributed by atoms with E-state index >= 15 is 0 Å². The molecule has 2 saturated heterocycles. The third-order valence-electron chi connectivity index (χ3n) is 5.09. The number of amides is 1. The molecule has 142 valence electrons. The normalized spacial score (nSPS) is 22.6. The molecule has 6 nitrogen and oxygen atoms in total. The summed E-state index contributed by atoms with van der Waals surface area (Å²) in [6.07, 6.45) is 0.580. The van der Waals surface area contributed by atoms with Gasteiger partial charge in [0.25, 0.3) is 0 Å². The van der Waals surface area contributed by atoms with Crippen molar-refractivity contribution in [3.8, 4) is 5.75 Å². The summed E-state index contributed by atoms with van der Waals surface area (Å²) < 4.78 is 19.3. The van der Waals surface area contributed by atoms with Crippen molar-refractivity contribution in [2.45, 2.75) is 31.2 Å². The number of phenols is 1. The quantitative estimate of drug-likeness (QED) is 0.748. The highest BCUT2D eigenvalue weighted by atomic mass is 19.1. The lowest BCUT2D eigenvalue weighted by molar-refractivity contribution is -0.148. The summed E-state index contributed by atoms with van der Waals surface area (Å²) in [7, 11) is 0. The Labute approximate surface area is 156 Å². The molecular formula is C20H22FN3O3. The Morgan fingerprint density at radius 2 is 1.89 bits per heavy atom. The summed E-state index contributed by atoms with van der Waals surface area (Å²) in [5, 5.41) is 9.38. The first-order chi connectivity index (χ1) is 13.1. The topological polar surface area (TPSA) is 73.8 Å². The Hall–Kier alpha value is -2.48. The van der Waals surface area contributed by atoms with E-state index in [1.54, 1.807) is 35.2 Å². The predicted octanol–water partition coefficient (Wildman–Crippen LogP) is 1.87. The highest BCUT2D eigenvalue weighted by Gasteiger charge is 2.38. The van der Waals surface area contributed by atoms with Gasteiger partial charge in [-0.1, -0.05) is 30.3 Å². The van der Waals surface area contributed by atoms with E-state index in [-0.39, 0.29) is 42.3 Å². The molecule has 4 rings (SSSR count). The molecule has 2 aliphatic rings. The Bertz CT molecular complexity index is 808. The number of carbonyl (C=O) groups excluding carboxylic acids is 1. The molecule has 7 heteroatoms. The molecule has 0 spiro atoms. The second-order valence-corrected chi connectivity index (χ2v) is 6.99. The van der Waals surface area contributed by atoms with Crippen LogP contribution in [0, 0.1) is 5.82 Å². The average molecular weight is 371 g/mol. The summed E-state index contributed by atoms with van der Waals surface area (Å²) in [6, 6.07) is 13.2. The molecular weight excluding hydrogens is 349 g/mol. The maximum Gasteiger partial charge on any atom is 0.241 e. The minimum absolute atomic E-state index is 0.0222. The first-order valence-electron chi connectivity index (χ1n) is 9.04. The van der Waals surface area contributed by atoms with Crippen LogP contribution >= 0.6 is 0 Å². The number of phenolic OH excluding ortho intramolecular Hbond substituents is 1. The summed E-state index contributed by atoms with van der Waals surface area (Å²) >= 11 is 0. The fourth-order valence-corrected chi connectivity index (χ4v) is 3.41. The van der Waals surface area contributed by atoms with Crippen molar-refractivity contribution in [2.75, 3.05) is 13.1 Å². The second kappa shape index (κ2) is 7.64. The van der Waals surface area contributed by atoms with Crippen LogP contribution in [0.1, 0.15) is 23.6 Å². The van der Waals surface area contributed by atoms with Crippen LogP contribution in [0.5, 0.6) is 5.75 Å². The minimum atomic E-state index is -0.295. The van der Waals surface area contributed by atoms with E-state index in [1.807, 2.05) is 12.1 Å². The molecule has 2 atom stereocenters. The van der Waals surface area contributed by atoms with Crippen LogP contribution < -0.4 is 10.9 Å². The van der Waals surface area contributed by atoms with Gasteiger partial charge in [-0.25, -0.2) is 15.2 Å². The number of hydrogen-bond acceptors (Lipinski definition) is 5. The van der Waals surface area contributed by atoms with E-state index < -0.39 is 0 Å². The molecule has 2 fully saturated rings. The van der Waals surface area contributed by atoms with Gasteiger partial charge in [0, 0.05) is 24.7 Å². The first-order valence-corrected chi connectivity index (χ1v) is 9.04. The lowest BCUT2D eigenvalue weighted by atomic mass is 10.0. The molecule has 3 N–H and O–H groups in total. The number of halogens is 1. The zero-order chi connectivity index (χ0) is 18.8. The van der Waals surface area contributed by atoms with Crippen molar-refractivity contribution in [3.05, 3.63) is 65.5 Å². The van der Waals surface area contributed by atoms with Crippen molar-refractivity contribution in [1.29, 1.82) is 0 Å². The number of hydrazine groups is 1. The molecule has 0 aliphatic carbocycles. The van der Waals surface area contributed by atoms with Crippen LogP contribution in [-0.2, 0) is 16.1 Å². The fraction of sp³-hybridized carbons (Fsp3) is 0.350. The molecule has 2 heterocycles. The van der Waals surface area contributed by atoms with E-state index in [2.05, 4.69) is 10.9 Å². The van der Waals surface area contributed by atoms with E-state index in [9.17, 15) is 14.3 Å². The molecule has 0 aromatic heterocycles. The van der Waals surface area contributed by atoms with Gasteiger partial charge in [-0.3, -0.25) is 4.79 Å². The van der Waals surface area contributed by atoms with Gasteiger partial charge in [-0.2, -0.15) is 0 Å². The molecule has 27 heavy (non-hydrogen) atoms. The summed E-state index contributed by atoms with van der Waals surface area (Å²) in [6.45, 7) is 1.26. The molecule has 0 radical (unpaired) electrons. The molecule has 1 amide bonds. The summed E-state index contributed by atoms with van der Waals surface area (Å²) in [5.41, 5.74) is 7.74. The van der Waals surface area contributed by atoms with Crippen molar-refractivity contribution in [1.82, 2.24) is 15.8 Å². The molecule has 2 aromatic carbocycles. The van der Waals surface area contributed by atoms with Crippen LogP contribution in [0.3, 0.4) is 0 Å². The van der Waals surface area contributed by atoms with E-state index in [4.69, 9.17) is 4.74 Å². The Kier molecular flexibility index (Phi) is 5.07. The second-order valence-electron chi connectivity index (χ2n) is 6.99. The maximum atomic E-state index is 13.6. The smallest absolute Gasteiger partial charge is 0.241 e. The summed E-state index contributed by atoms with van der Waals surface area (Å²) in [4.78, 5) is 14.4. The van der Waals surface area contributed by atoms with Crippen LogP contribution in [0.2, 0.25) is 0 Å². The van der Waals surface area contributed by atoms with Gasteiger partial charge in [0.1, 0.15) is 17.6 Å². The lowest BCUT2D eigenvalue weighted by Crippen LogP contribution is -2.59. The largest absolute Gasteiger partial charge is 0.508 e. The van der Waals surface area contributed by atoms with E-state index in [1.165, 1.54) is 6.07 Å². The number of rotatable bonds is 5. The van der Waals surface area contributed by atoms with Gasteiger partial charge in [0.15, 0.2) is 0 Å². The number of aromatic hydroxyl groups is 1. The minimum Gasteiger partial charge on any atom is -0.508 e. The van der Waals surface area contributed by atoms with Gasteiger partial charge in [-0.15, -0.1) is 0 Å². The number of carbonyl (C=O) groups is 1. The fourth-order valence-electron chi connectivity index (χ4n) is 3.41. The monoisotopic (exact) mass is 371 g/mol. The van der Waals surface area contributed by atoms with Crippen LogP contribution in [0.4, 0.5) is 4.39 Å². The number of hydrogen-bond donors (Lipinski definition) is 3. The Morgan fingerprint density at radius 3 is 2.63 bits per heavy atom. The maximum absolute atomic E-state index is 13.6. The van der Waals surface area contributed by atoms with Crippen molar-refractivity contribution < 1.29 is 19.0 Å². The first kappa shape index (κ1) is 17.9. The standard InChI is InChI=1S/C20H22FN3O3/c21-17-4-2-1-3-14(17)12-27-16-10-24(11-16)20(26)19-9-18(22-23-19)13-5-7-15(25)8-6-13/h1-8,16,18-19,22-23,25H,9-12H2. The van der Waals surface area contributed by atoms with E-state index in [0.717, 1.165) is 5.56 Å². The molecule has 2 aromatic rings. The van der Waals surface area contributed by atoms with Crippen LogP contribution in [-0.4, -0.2) is 41.1 Å². The number of likely N-dealkylation sites (tertiary alicyclic amines) is 1. The molecule has 2 unspecified atom stereocenters. The number of benzene rings is 2. The van der Waals surface area contributed by atoms with Gasteiger partial charge in [0.05, 0.1) is 12.7 Å². The number of nitrogens with one attached hydrogen (secondary N) is 2. The summed E-state index contributed by atoms with van der Waals surface area (Å²) in [5.74, 6) is -0.0138. The SMILES string of the molecule is O=C(C1CC(c2ccc(O)cc2)NN1)N1CC(OCc2ccccc2F)C1. The average Bonchev–Trinajstić information content (AvgIpc) is 3.12. The van der Waals surface area contributed by atoms with Gasteiger partial charge in [-0.05, 0) is 30.2 Å². The zero-order valence-corrected chi connectivity index (χ0v) is 14.8. The third kappa shape index (κ3) is 3.95. The molecule has 0 bridgehead atoms. The Balaban J connectivity index is 1.23. The number of nitrogens with zero attached hydrogens (tertiary/aromatic N) is 1. The highest BCUT2D eigenvalue weighted by molar-refractivity contribution is 5.83. The zero-order valence-electron chi connectivity index (χ0n) is 14.8. The van der Waals surface area contributed by atoms with E-state index in [0.29, 0.717) is 25.1 Å². The number of ether oxygens (including phenoxy) is 1. The predicted molar refractivity (Wildman–Crippen MR) is 97.1 cm³/mol. The van der Waals surface area contributed by atoms with Crippen molar-refractivity contribution >= 4 is 5.91 Å². The lowest BCUT2D eigenvalue weighted by Gasteiger charge is -2.40. The highest BCUT2D eigenvalue weighted by Crippen LogP contribution is 2.26. The van der Waals surface area contributed by atoms with Gasteiger partial charge < -0.3 is 14.7 Å². The Morgan fingerprint density at radius 1 is 1.15 bits per heavy atom. The van der Waals surface area contributed by atoms with Crippen LogP contribution in [0.25, 0.3) is 0 Å². The third-order valence-corrected chi connectivity index (χ3v) is 5.09. The van der Waals surface area contributed by atoms with Gasteiger partial charge in [0.2, 0.25) is 5.91 Å². The van der Waals surface area contributed by atoms with Crippen molar-refractivity contribution in [2.24, 2.45) is 0 Å².